The zero-order valence-corrected chi connectivity index (χ0v) is 12.5. The van der Waals surface area contributed by atoms with Gasteiger partial charge in [-0.1, -0.05) is 13.8 Å². The Balaban J connectivity index is 2.43. The molecule has 0 bridgehead atoms. The van der Waals surface area contributed by atoms with Gasteiger partial charge in [0.05, 0.1) is 6.54 Å². The number of carbonyl (C=O) groups is 1. The van der Waals surface area contributed by atoms with Gasteiger partial charge in [0.25, 0.3) is 10.2 Å². The highest BCUT2D eigenvalue weighted by molar-refractivity contribution is 7.87. The lowest BCUT2D eigenvalue weighted by Crippen LogP contribution is -2.56. The fourth-order valence-electron chi connectivity index (χ4n) is 2.13. The smallest absolute Gasteiger partial charge is 0.317 e. The van der Waals surface area contributed by atoms with E-state index in [9.17, 15) is 13.2 Å². The third-order valence-electron chi connectivity index (χ3n) is 3.55. The topological polar surface area (TPSA) is 90.0 Å². The normalized spacial score (nSPS) is 23.6. The maximum Gasteiger partial charge on any atom is 0.317 e. The highest BCUT2D eigenvalue weighted by Crippen LogP contribution is 2.26. The molecule has 0 aromatic rings. The van der Waals surface area contributed by atoms with E-state index in [1.54, 1.807) is 6.92 Å². The Kier molecular flexibility index (Phi) is 5.72. The Morgan fingerprint density at radius 1 is 1.32 bits per heavy atom. The maximum atomic E-state index is 11.8. The number of carboxylic acid groups (broad SMARTS) is 1. The third kappa shape index (κ3) is 4.41. The van der Waals surface area contributed by atoms with Crippen LogP contribution in [0.15, 0.2) is 0 Å². The molecule has 0 atom stereocenters. The fourth-order valence-corrected chi connectivity index (χ4v) is 3.26. The van der Waals surface area contributed by atoms with Gasteiger partial charge in [0.2, 0.25) is 0 Å². The van der Waals surface area contributed by atoms with Gasteiger partial charge in [-0.05, 0) is 19.4 Å². The first kappa shape index (κ1) is 16.4. The van der Waals surface area contributed by atoms with E-state index in [0.29, 0.717) is 25.9 Å². The number of carboxylic acids is 1. The zero-order valence-electron chi connectivity index (χ0n) is 11.7. The van der Waals surface area contributed by atoms with Crippen LogP contribution in [0.5, 0.6) is 0 Å². The molecule has 0 amide bonds. The summed E-state index contributed by atoms with van der Waals surface area (Å²) in [7, 11) is -1.87. The van der Waals surface area contributed by atoms with Gasteiger partial charge < -0.3 is 5.11 Å². The van der Waals surface area contributed by atoms with Gasteiger partial charge in [-0.2, -0.15) is 17.4 Å². The summed E-state index contributed by atoms with van der Waals surface area (Å²) in [6, 6.07) is 0.0626. The SMILES string of the molecule is CCN(CC(=O)O)C1CC(NS(=O)(=O)N(C)CC)C1. The highest BCUT2D eigenvalue weighted by atomic mass is 32.2. The number of aliphatic carboxylic acids is 1. The lowest BCUT2D eigenvalue weighted by atomic mass is 9.86. The molecule has 1 aliphatic rings. The number of hydrogen-bond donors (Lipinski definition) is 2. The van der Waals surface area contributed by atoms with E-state index in [4.69, 9.17) is 5.11 Å². The molecule has 1 fully saturated rings. The van der Waals surface area contributed by atoms with E-state index in [1.807, 2.05) is 11.8 Å². The molecule has 1 rings (SSSR count). The molecule has 0 aromatic heterocycles. The molecule has 0 aliphatic heterocycles. The van der Waals surface area contributed by atoms with E-state index >= 15 is 0 Å². The average molecular weight is 293 g/mol. The van der Waals surface area contributed by atoms with Crippen LogP contribution >= 0.6 is 0 Å². The average Bonchev–Trinajstić information content (AvgIpc) is 2.29. The predicted molar refractivity (Wildman–Crippen MR) is 72.1 cm³/mol. The summed E-state index contributed by atoms with van der Waals surface area (Å²) in [6.45, 7) is 4.77. The van der Waals surface area contributed by atoms with E-state index in [0.717, 1.165) is 0 Å². The van der Waals surface area contributed by atoms with Crippen LogP contribution in [-0.2, 0) is 15.0 Å². The number of likely N-dealkylation sites (N-methyl/N-ethyl adjacent to an activating group) is 1. The zero-order chi connectivity index (χ0) is 14.6. The summed E-state index contributed by atoms with van der Waals surface area (Å²) in [4.78, 5) is 12.5. The van der Waals surface area contributed by atoms with Crippen LogP contribution in [0.3, 0.4) is 0 Å². The van der Waals surface area contributed by atoms with Crippen molar-refractivity contribution in [3.63, 3.8) is 0 Å². The molecule has 1 aliphatic carbocycles. The predicted octanol–water partition coefficient (Wildman–Crippen LogP) is -0.290. The Morgan fingerprint density at radius 3 is 2.32 bits per heavy atom. The third-order valence-corrected chi connectivity index (χ3v) is 5.26. The van der Waals surface area contributed by atoms with Gasteiger partial charge in [0, 0.05) is 25.7 Å². The quantitative estimate of drug-likeness (QED) is 0.642. The van der Waals surface area contributed by atoms with E-state index in [-0.39, 0.29) is 18.6 Å². The minimum atomic E-state index is -3.40. The van der Waals surface area contributed by atoms with Crippen molar-refractivity contribution in [1.82, 2.24) is 13.9 Å². The second kappa shape index (κ2) is 6.65. The van der Waals surface area contributed by atoms with Crippen molar-refractivity contribution in [2.24, 2.45) is 0 Å². The molecule has 0 radical (unpaired) electrons. The number of nitrogens with one attached hydrogen (secondary N) is 1. The lowest BCUT2D eigenvalue weighted by molar-refractivity contribution is -0.139. The molecule has 0 aromatic carbocycles. The first-order valence-electron chi connectivity index (χ1n) is 6.49. The summed E-state index contributed by atoms with van der Waals surface area (Å²) < 4.78 is 27.5. The van der Waals surface area contributed by atoms with Gasteiger partial charge >= 0.3 is 5.97 Å². The molecule has 0 spiro atoms. The molecule has 112 valence electrons. The van der Waals surface area contributed by atoms with Crippen LogP contribution in [0.4, 0.5) is 0 Å². The van der Waals surface area contributed by atoms with E-state index < -0.39 is 16.2 Å². The van der Waals surface area contributed by atoms with Gasteiger partial charge in [-0.15, -0.1) is 0 Å². The monoisotopic (exact) mass is 293 g/mol. The van der Waals surface area contributed by atoms with Crippen molar-refractivity contribution in [3.8, 4) is 0 Å². The molecule has 2 N–H and O–H groups in total. The van der Waals surface area contributed by atoms with E-state index in [1.165, 1.54) is 11.4 Å². The standard InChI is InChI=1S/C11H23N3O4S/c1-4-13(3)19(17,18)12-9-6-10(7-9)14(5-2)8-11(15)16/h9-10,12H,4-8H2,1-3H3,(H,15,16). The van der Waals surface area contributed by atoms with Crippen molar-refractivity contribution < 1.29 is 18.3 Å². The minimum Gasteiger partial charge on any atom is -0.480 e. The second-order valence-electron chi connectivity index (χ2n) is 4.82. The van der Waals surface area contributed by atoms with Gasteiger partial charge in [-0.25, -0.2) is 0 Å². The molecular weight excluding hydrogens is 270 g/mol. The first-order chi connectivity index (χ1) is 8.80. The molecule has 1 saturated carbocycles. The van der Waals surface area contributed by atoms with Crippen molar-refractivity contribution in [1.29, 1.82) is 0 Å². The van der Waals surface area contributed by atoms with Crippen LogP contribution in [0.1, 0.15) is 26.7 Å². The largest absolute Gasteiger partial charge is 0.480 e. The first-order valence-corrected chi connectivity index (χ1v) is 7.93. The van der Waals surface area contributed by atoms with Crippen molar-refractivity contribution >= 4 is 16.2 Å². The molecule has 0 heterocycles. The Bertz CT molecular complexity index is 406. The van der Waals surface area contributed by atoms with Gasteiger partial charge in [0.15, 0.2) is 0 Å². The van der Waals surface area contributed by atoms with Crippen LogP contribution in [0, 0.1) is 0 Å². The lowest BCUT2D eigenvalue weighted by Gasteiger charge is -2.42. The van der Waals surface area contributed by atoms with Crippen LogP contribution in [0.2, 0.25) is 0 Å². The van der Waals surface area contributed by atoms with Crippen LogP contribution < -0.4 is 4.72 Å². The number of nitrogens with zero attached hydrogens (tertiary/aromatic N) is 2. The van der Waals surface area contributed by atoms with Crippen molar-refractivity contribution in [2.75, 3.05) is 26.7 Å². The van der Waals surface area contributed by atoms with Crippen LogP contribution in [0.25, 0.3) is 0 Å². The summed E-state index contributed by atoms with van der Waals surface area (Å²) in [5.41, 5.74) is 0. The van der Waals surface area contributed by atoms with Crippen molar-refractivity contribution in [2.45, 2.75) is 38.8 Å². The Morgan fingerprint density at radius 2 is 1.89 bits per heavy atom. The molecule has 19 heavy (non-hydrogen) atoms. The highest BCUT2D eigenvalue weighted by Gasteiger charge is 2.36. The molecule has 0 unspecified atom stereocenters. The molecule has 8 heteroatoms. The summed E-state index contributed by atoms with van der Waals surface area (Å²) >= 11 is 0. The summed E-state index contributed by atoms with van der Waals surface area (Å²) in [5.74, 6) is -0.850. The van der Waals surface area contributed by atoms with Crippen LogP contribution in [-0.4, -0.2) is 67.5 Å². The van der Waals surface area contributed by atoms with E-state index in [2.05, 4.69) is 4.72 Å². The number of hydrogen-bond acceptors (Lipinski definition) is 4. The second-order valence-corrected chi connectivity index (χ2v) is 6.63. The summed E-state index contributed by atoms with van der Waals surface area (Å²) in [5, 5.41) is 8.78. The summed E-state index contributed by atoms with van der Waals surface area (Å²) in [6.07, 6.45) is 1.33. The molecule has 0 saturated heterocycles. The molecule has 7 nitrogen and oxygen atoms in total. The van der Waals surface area contributed by atoms with Gasteiger partial charge in [0.1, 0.15) is 0 Å². The number of rotatable bonds is 8. The van der Waals surface area contributed by atoms with Crippen molar-refractivity contribution in [3.05, 3.63) is 0 Å². The minimum absolute atomic E-state index is 0.00942. The molecular formula is C11H23N3O4S. The fraction of sp³-hybridized carbons (Fsp3) is 0.909. The Labute approximate surface area is 114 Å². The Hall–Kier alpha value is -0.700. The maximum absolute atomic E-state index is 11.8. The van der Waals surface area contributed by atoms with Gasteiger partial charge in [-0.3, -0.25) is 9.69 Å².